The number of likely N-dealkylation sites (tertiary alicyclic amines) is 1. The van der Waals surface area contributed by atoms with E-state index in [-0.39, 0.29) is 18.1 Å². The van der Waals surface area contributed by atoms with Crippen LogP contribution in [0.3, 0.4) is 0 Å². The van der Waals surface area contributed by atoms with E-state index in [9.17, 15) is 13.6 Å². The van der Waals surface area contributed by atoms with Gasteiger partial charge in [0.2, 0.25) is 0 Å². The Labute approximate surface area is 145 Å². The number of aromatic nitrogens is 1. The first-order chi connectivity index (χ1) is 12.0. The molecule has 3 rings (SSSR count). The zero-order valence-corrected chi connectivity index (χ0v) is 14.1. The minimum Gasteiger partial charge on any atom is -0.333 e. The number of likely N-dealkylation sites (N-methyl/N-ethyl adjacent to an activating group) is 1. The highest BCUT2D eigenvalue weighted by atomic mass is 19.2. The van der Waals surface area contributed by atoms with Gasteiger partial charge < -0.3 is 10.6 Å². The molecule has 1 fully saturated rings. The molecule has 0 aliphatic carbocycles. The number of nitrogens with zero attached hydrogens (tertiary/aromatic N) is 2. The Morgan fingerprint density at radius 3 is 2.80 bits per heavy atom. The van der Waals surface area contributed by atoms with Gasteiger partial charge in [-0.2, -0.15) is 0 Å². The normalized spacial score (nSPS) is 20.5. The molecular formula is C18H20F2N4O. The summed E-state index contributed by atoms with van der Waals surface area (Å²) in [7, 11) is 1.90. The summed E-state index contributed by atoms with van der Waals surface area (Å²) in [6.07, 6.45) is 4.00. The average molecular weight is 346 g/mol. The van der Waals surface area contributed by atoms with Crippen LogP contribution in [-0.2, 0) is 0 Å². The van der Waals surface area contributed by atoms with Crippen LogP contribution in [-0.4, -0.2) is 35.5 Å². The van der Waals surface area contributed by atoms with E-state index in [4.69, 9.17) is 0 Å². The number of nitrogens with one attached hydrogen (secondary N) is 2. The van der Waals surface area contributed by atoms with Crippen LogP contribution < -0.4 is 10.6 Å². The van der Waals surface area contributed by atoms with Crippen LogP contribution in [0.15, 0.2) is 36.7 Å². The second-order valence-electron chi connectivity index (χ2n) is 6.28. The standard InChI is InChI=1S/C18H20F2N4O/c1-11-10-21-7-5-15(11)22-18(25)23-16-6-8-24(2)17(16)12-3-4-13(19)14(20)9-12/h3-5,7,9-10,16-17H,6,8H2,1-2H3,(H2,21,22,23,25)/t16-,17+/m0/s1. The number of rotatable bonds is 3. The van der Waals surface area contributed by atoms with Crippen LogP contribution in [0.25, 0.3) is 0 Å². The van der Waals surface area contributed by atoms with Crippen LogP contribution in [0.2, 0.25) is 0 Å². The Kier molecular flexibility index (Phi) is 4.94. The summed E-state index contributed by atoms with van der Waals surface area (Å²) in [5.74, 6) is -1.76. The number of anilines is 1. The van der Waals surface area contributed by atoms with Gasteiger partial charge in [0.15, 0.2) is 11.6 Å². The van der Waals surface area contributed by atoms with Crippen molar-refractivity contribution in [2.75, 3.05) is 18.9 Å². The minimum absolute atomic E-state index is 0.197. The van der Waals surface area contributed by atoms with Crippen LogP contribution >= 0.6 is 0 Å². The first-order valence-corrected chi connectivity index (χ1v) is 8.09. The van der Waals surface area contributed by atoms with Crippen molar-refractivity contribution in [2.24, 2.45) is 0 Å². The Hall–Kier alpha value is -2.54. The van der Waals surface area contributed by atoms with Crippen molar-refractivity contribution in [1.29, 1.82) is 0 Å². The zero-order valence-electron chi connectivity index (χ0n) is 14.1. The first-order valence-electron chi connectivity index (χ1n) is 8.09. The molecule has 2 N–H and O–H groups in total. The smallest absolute Gasteiger partial charge is 0.319 e. The number of hydrogen-bond donors (Lipinski definition) is 2. The molecule has 1 aliphatic rings. The minimum atomic E-state index is -0.881. The fourth-order valence-corrected chi connectivity index (χ4v) is 3.22. The molecule has 0 unspecified atom stereocenters. The van der Waals surface area contributed by atoms with E-state index in [0.717, 1.165) is 24.6 Å². The van der Waals surface area contributed by atoms with Crippen LogP contribution in [0.4, 0.5) is 19.3 Å². The van der Waals surface area contributed by atoms with Gasteiger partial charge in [-0.3, -0.25) is 9.88 Å². The van der Waals surface area contributed by atoms with Gasteiger partial charge in [-0.15, -0.1) is 0 Å². The molecule has 5 nitrogen and oxygen atoms in total. The third kappa shape index (κ3) is 3.76. The summed E-state index contributed by atoms with van der Waals surface area (Å²) < 4.78 is 26.8. The van der Waals surface area contributed by atoms with Gasteiger partial charge in [-0.1, -0.05) is 6.07 Å². The second kappa shape index (κ2) is 7.14. The van der Waals surface area contributed by atoms with Gasteiger partial charge in [0, 0.05) is 24.6 Å². The Morgan fingerprint density at radius 1 is 1.28 bits per heavy atom. The molecule has 1 aromatic heterocycles. The molecule has 1 aromatic carbocycles. The summed E-state index contributed by atoms with van der Waals surface area (Å²) >= 11 is 0. The molecule has 0 saturated carbocycles. The summed E-state index contributed by atoms with van der Waals surface area (Å²) in [5, 5.41) is 5.74. The number of carbonyl (C=O) groups is 1. The lowest BCUT2D eigenvalue weighted by atomic mass is 10.00. The highest BCUT2D eigenvalue weighted by molar-refractivity contribution is 5.90. The van der Waals surface area contributed by atoms with E-state index >= 15 is 0 Å². The zero-order chi connectivity index (χ0) is 18.0. The second-order valence-corrected chi connectivity index (χ2v) is 6.28. The van der Waals surface area contributed by atoms with Gasteiger partial charge in [0.25, 0.3) is 0 Å². The Balaban J connectivity index is 1.73. The van der Waals surface area contributed by atoms with Gasteiger partial charge in [-0.25, -0.2) is 13.6 Å². The van der Waals surface area contributed by atoms with E-state index in [2.05, 4.69) is 15.6 Å². The molecule has 2 amide bonds. The van der Waals surface area contributed by atoms with E-state index in [1.807, 2.05) is 18.9 Å². The monoisotopic (exact) mass is 346 g/mol. The number of carbonyl (C=O) groups excluding carboxylic acids is 1. The fraction of sp³-hybridized carbons (Fsp3) is 0.333. The molecule has 2 heterocycles. The number of hydrogen-bond acceptors (Lipinski definition) is 3. The third-order valence-corrected chi connectivity index (χ3v) is 4.52. The summed E-state index contributed by atoms with van der Waals surface area (Å²) in [5.41, 5.74) is 2.19. The maximum atomic E-state index is 13.6. The van der Waals surface area contributed by atoms with Gasteiger partial charge in [0.05, 0.1) is 12.1 Å². The van der Waals surface area contributed by atoms with E-state index < -0.39 is 11.6 Å². The van der Waals surface area contributed by atoms with E-state index in [0.29, 0.717) is 11.3 Å². The first kappa shape index (κ1) is 17.3. The molecule has 1 saturated heterocycles. The lowest BCUT2D eigenvalue weighted by molar-refractivity contribution is 0.240. The van der Waals surface area contributed by atoms with Crippen molar-refractivity contribution in [3.63, 3.8) is 0 Å². The van der Waals surface area contributed by atoms with E-state index in [1.165, 1.54) is 6.07 Å². The molecular weight excluding hydrogens is 326 g/mol. The molecule has 1 aliphatic heterocycles. The number of aryl methyl sites for hydroxylation is 1. The summed E-state index contributed by atoms with van der Waals surface area (Å²) in [6.45, 7) is 2.61. The van der Waals surface area contributed by atoms with Gasteiger partial charge >= 0.3 is 6.03 Å². The number of benzene rings is 1. The summed E-state index contributed by atoms with van der Waals surface area (Å²) in [6, 6.07) is 4.86. The molecule has 0 radical (unpaired) electrons. The maximum absolute atomic E-state index is 13.6. The Morgan fingerprint density at radius 2 is 2.08 bits per heavy atom. The van der Waals surface area contributed by atoms with Crippen molar-refractivity contribution in [3.8, 4) is 0 Å². The predicted octanol–water partition coefficient (Wildman–Crippen LogP) is 3.24. The lowest BCUT2D eigenvalue weighted by Crippen LogP contribution is -2.41. The average Bonchev–Trinajstić information content (AvgIpc) is 2.93. The Bertz CT molecular complexity index is 783. The quantitative estimate of drug-likeness (QED) is 0.897. The lowest BCUT2D eigenvalue weighted by Gasteiger charge is -2.26. The third-order valence-electron chi connectivity index (χ3n) is 4.52. The van der Waals surface area contributed by atoms with Crippen LogP contribution in [0.1, 0.15) is 23.6 Å². The number of halogens is 2. The van der Waals surface area contributed by atoms with Crippen molar-refractivity contribution >= 4 is 11.7 Å². The molecule has 0 spiro atoms. The fourth-order valence-electron chi connectivity index (χ4n) is 3.22. The van der Waals surface area contributed by atoms with Crippen molar-refractivity contribution in [2.45, 2.75) is 25.4 Å². The molecule has 2 aromatic rings. The molecule has 0 bridgehead atoms. The van der Waals surface area contributed by atoms with Crippen molar-refractivity contribution in [3.05, 3.63) is 59.4 Å². The van der Waals surface area contributed by atoms with Gasteiger partial charge in [-0.05, 0) is 49.7 Å². The number of urea groups is 1. The van der Waals surface area contributed by atoms with E-state index in [1.54, 1.807) is 24.5 Å². The topological polar surface area (TPSA) is 57.3 Å². The molecule has 2 atom stereocenters. The predicted molar refractivity (Wildman–Crippen MR) is 91.3 cm³/mol. The SMILES string of the molecule is Cc1cnccc1NC(=O)N[C@H]1CCN(C)[C@@H]1c1ccc(F)c(F)c1. The van der Waals surface area contributed by atoms with Crippen molar-refractivity contribution in [1.82, 2.24) is 15.2 Å². The highest BCUT2D eigenvalue weighted by Gasteiger charge is 2.34. The number of amides is 2. The van der Waals surface area contributed by atoms with Crippen LogP contribution in [0, 0.1) is 18.6 Å². The molecule has 25 heavy (non-hydrogen) atoms. The molecule has 7 heteroatoms. The van der Waals surface area contributed by atoms with Crippen LogP contribution in [0.5, 0.6) is 0 Å². The maximum Gasteiger partial charge on any atom is 0.319 e. The van der Waals surface area contributed by atoms with Gasteiger partial charge in [0.1, 0.15) is 0 Å². The largest absolute Gasteiger partial charge is 0.333 e. The highest BCUT2D eigenvalue weighted by Crippen LogP contribution is 2.31. The molecule has 132 valence electrons. The van der Waals surface area contributed by atoms with Crippen molar-refractivity contribution < 1.29 is 13.6 Å². The number of pyridine rings is 1. The summed E-state index contributed by atoms with van der Waals surface area (Å²) in [4.78, 5) is 18.3.